The molecule has 3 rings (SSSR count). The van der Waals surface area contributed by atoms with Gasteiger partial charge < -0.3 is 15.2 Å². The maximum absolute atomic E-state index is 12.0. The van der Waals surface area contributed by atoms with E-state index in [1.165, 1.54) is 0 Å². The first-order chi connectivity index (χ1) is 10.0. The number of nitrogens with two attached hydrogens (primary N) is 1. The fourth-order valence-electron chi connectivity index (χ4n) is 2.70. The summed E-state index contributed by atoms with van der Waals surface area (Å²) in [6.07, 6.45) is -0.173. The Morgan fingerprint density at radius 1 is 1.29 bits per heavy atom. The number of rotatable bonds is 2. The number of hydrogen-bond donors (Lipinski definition) is 1. The summed E-state index contributed by atoms with van der Waals surface area (Å²) in [5.41, 5.74) is 8.91. The van der Waals surface area contributed by atoms with Crippen LogP contribution >= 0.6 is 15.9 Å². The van der Waals surface area contributed by atoms with Gasteiger partial charge in [0.05, 0.1) is 36.9 Å². The van der Waals surface area contributed by atoms with Crippen LogP contribution in [0.3, 0.4) is 0 Å². The van der Waals surface area contributed by atoms with Crippen LogP contribution in [-0.2, 0) is 23.6 Å². The molecule has 0 aliphatic carbocycles. The predicted octanol–water partition coefficient (Wildman–Crippen LogP) is 1.05. The fourth-order valence-corrected chi connectivity index (χ4v) is 3.30. The summed E-state index contributed by atoms with van der Waals surface area (Å²) in [4.78, 5) is 12.0. The Labute approximate surface area is 130 Å². The molecule has 2 atom stereocenters. The van der Waals surface area contributed by atoms with Crippen LogP contribution in [0.4, 0.5) is 0 Å². The van der Waals surface area contributed by atoms with E-state index in [9.17, 15) is 4.79 Å². The molecule has 2 heterocycles. The molecule has 6 nitrogen and oxygen atoms in total. The molecule has 1 aromatic carbocycles. The lowest BCUT2D eigenvalue weighted by molar-refractivity contribution is -0.0976. The number of fused-ring (bicyclic) bond motifs is 1. The van der Waals surface area contributed by atoms with Crippen LogP contribution < -0.4 is 11.4 Å². The zero-order valence-electron chi connectivity index (χ0n) is 12.0. The van der Waals surface area contributed by atoms with Gasteiger partial charge in [0.25, 0.3) is 0 Å². The number of nitrogens with zero attached hydrogens (tertiary/aromatic N) is 2. The SMILES string of the molecule is Cn1c(=O)n(C)c2cc(C(N)C3COCCO3)c(Br)cc21. The Hall–Kier alpha value is -1.15. The average Bonchev–Trinajstić information content (AvgIpc) is 2.71. The van der Waals surface area contributed by atoms with Gasteiger partial charge in [-0.3, -0.25) is 9.13 Å². The van der Waals surface area contributed by atoms with Crippen molar-refractivity contribution in [2.75, 3.05) is 19.8 Å². The van der Waals surface area contributed by atoms with Gasteiger partial charge >= 0.3 is 5.69 Å². The van der Waals surface area contributed by atoms with Gasteiger partial charge in [0.15, 0.2) is 0 Å². The van der Waals surface area contributed by atoms with Crippen LogP contribution in [0.1, 0.15) is 11.6 Å². The third kappa shape index (κ3) is 2.44. The van der Waals surface area contributed by atoms with Crippen molar-refractivity contribution in [3.05, 3.63) is 32.7 Å². The van der Waals surface area contributed by atoms with Crippen LogP contribution in [0.15, 0.2) is 21.4 Å². The Morgan fingerprint density at radius 3 is 2.57 bits per heavy atom. The summed E-state index contributed by atoms with van der Waals surface area (Å²) in [6, 6.07) is 3.57. The van der Waals surface area contributed by atoms with Crippen molar-refractivity contribution in [2.45, 2.75) is 12.1 Å². The molecule has 7 heteroatoms. The van der Waals surface area contributed by atoms with E-state index in [4.69, 9.17) is 15.2 Å². The van der Waals surface area contributed by atoms with E-state index in [1.807, 2.05) is 12.1 Å². The number of aromatic nitrogens is 2. The highest BCUT2D eigenvalue weighted by atomic mass is 79.9. The first-order valence-electron chi connectivity index (χ1n) is 6.80. The van der Waals surface area contributed by atoms with E-state index < -0.39 is 0 Å². The molecule has 1 saturated heterocycles. The van der Waals surface area contributed by atoms with Crippen molar-refractivity contribution in [1.82, 2.24) is 9.13 Å². The third-order valence-corrected chi connectivity index (χ3v) is 4.68. The highest BCUT2D eigenvalue weighted by molar-refractivity contribution is 9.10. The fraction of sp³-hybridized carbons (Fsp3) is 0.500. The molecule has 21 heavy (non-hydrogen) atoms. The summed E-state index contributed by atoms with van der Waals surface area (Å²) < 4.78 is 15.2. The minimum Gasteiger partial charge on any atom is -0.376 e. The van der Waals surface area contributed by atoms with E-state index in [1.54, 1.807) is 23.2 Å². The normalized spacial score (nSPS) is 20.9. The van der Waals surface area contributed by atoms with Crippen LogP contribution in [-0.4, -0.2) is 35.1 Å². The number of hydrogen-bond acceptors (Lipinski definition) is 4. The summed E-state index contributed by atoms with van der Waals surface area (Å²) >= 11 is 3.55. The van der Waals surface area contributed by atoms with Gasteiger partial charge in [-0.2, -0.15) is 0 Å². The van der Waals surface area contributed by atoms with E-state index in [2.05, 4.69) is 15.9 Å². The van der Waals surface area contributed by atoms with Crippen molar-refractivity contribution < 1.29 is 9.47 Å². The molecule has 1 aliphatic rings. The van der Waals surface area contributed by atoms with E-state index >= 15 is 0 Å². The topological polar surface area (TPSA) is 71.4 Å². The van der Waals surface area contributed by atoms with Crippen molar-refractivity contribution in [2.24, 2.45) is 19.8 Å². The largest absolute Gasteiger partial charge is 0.376 e. The number of benzene rings is 1. The standard InChI is InChI=1S/C14H18BrN3O3/c1-17-10-5-8(13(16)12-7-20-3-4-21-12)9(15)6-11(10)18(2)14(17)19/h5-6,12-13H,3-4,7,16H2,1-2H3. The monoisotopic (exact) mass is 355 g/mol. The van der Waals surface area contributed by atoms with Crippen LogP contribution in [0, 0.1) is 0 Å². The summed E-state index contributed by atoms with van der Waals surface area (Å²) in [6.45, 7) is 1.65. The van der Waals surface area contributed by atoms with Gasteiger partial charge in [-0.15, -0.1) is 0 Å². The van der Waals surface area contributed by atoms with Gasteiger partial charge in [-0.05, 0) is 17.7 Å². The minimum atomic E-state index is -0.306. The van der Waals surface area contributed by atoms with Crippen molar-refractivity contribution in [1.29, 1.82) is 0 Å². The van der Waals surface area contributed by atoms with E-state index in [0.717, 1.165) is 21.1 Å². The second-order valence-corrected chi connectivity index (χ2v) is 6.13. The molecule has 114 valence electrons. The molecule has 1 fully saturated rings. The molecule has 2 N–H and O–H groups in total. The van der Waals surface area contributed by atoms with Crippen molar-refractivity contribution >= 4 is 27.0 Å². The van der Waals surface area contributed by atoms with E-state index in [0.29, 0.717) is 19.8 Å². The zero-order chi connectivity index (χ0) is 15.1. The predicted molar refractivity (Wildman–Crippen MR) is 83.3 cm³/mol. The van der Waals surface area contributed by atoms with Gasteiger partial charge in [-0.25, -0.2) is 4.79 Å². The minimum absolute atomic E-state index is 0.0557. The molecule has 0 radical (unpaired) electrons. The molecule has 0 spiro atoms. The smallest absolute Gasteiger partial charge is 0.328 e. The van der Waals surface area contributed by atoms with E-state index in [-0.39, 0.29) is 17.8 Å². The highest BCUT2D eigenvalue weighted by Gasteiger charge is 2.26. The number of ether oxygens (including phenoxy) is 2. The first kappa shape index (κ1) is 14.8. The van der Waals surface area contributed by atoms with Crippen LogP contribution in [0.25, 0.3) is 11.0 Å². The highest BCUT2D eigenvalue weighted by Crippen LogP contribution is 2.30. The molecule has 2 unspecified atom stereocenters. The Morgan fingerprint density at radius 2 is 1.95 bits per heavy atom. The molecule has 0 bridgehead atoms. The van der Waals surface area contributed by atoms with Crippen molar-refractivity contribution in [3.8, 4) is 0 Å². The Bertz CT molecular complexity index is 731. The summed E-state index contributed by atoms with van der Waals surface area (Å²) in [5.74, 6) is 0. The molecular weight excluding hydrogens is 338 g/mol. The molecule has 0 amide bonds. The quantitative estimate of drug-likeness (QED) is 0.874. The number of aryl methyl sites for hydroxylation is 2. The third-order valence-electron chi connectivity index (χ3n) is 3.99. The summed E-state index contributed by atoms with van der Waals surface area (Å²) in [7, 11) is 3.52. The molecule has 0 saturated carbocycles. The van der Waals surface area contributed by atoms with Gasteiger partial charge in [0.2, 0.25) is 0 Å². The van der Waals surface area contributed by atoms with Crippen LogP contribution in [0.2, 0.25) is 0 Å². The van der Waals surface area contributed by atoms with Crippen LogP contribution in [0.5, 0.6) is 0 Å². The molecule has 1 aliphatic heterocycles. The second-order valence-electron chi connectivity index (χ2n) is 5.27. The lowest BCUT2D eigenvalue weighted by Crippen LogP contribution is -2.38. The van der Waals surface area contributed by atoms with Gasteiger partial charge in [0.1, 0.15) is 6.10 Å². The maximum atomic E-state index is 12.0. The lowest BCUT2D eigenvalue weighted by atomic mass is 10.0. The molecule has 2 aromatic rings. The zero-order valence-corrected chi connectivity index (χ0v) is 13.6. The van der Waals surface area contributed by atoms with Gasteiger partial charge in [0, 0.05) is 18.6 Å². The lowest BCUT2D eigenvalue weighted by Gasteiger charge is -2.28. The number of imidazole rings is 1. The Kier molecular flexibility index (Phi) is 3.92. The summed E-state index contributed by atoms with van der Waals surface area (Å²) in [5, 5.41) is 0. The molecule has 1 aromatic heterocycles. The Balaban J connectivity index is 2.08. The van der Waals surface area contributed by atoms with Gasteiger partial charge in [-0.1, -0.05) is 15.9 Å². The second kappa shape index (κ2) is 5.57. The average molecular weight is 356 g/mol. The van der Waals surface area contributed by atoms with Crippen molar-refractivity contribution in [3.63, 3.8) is 0 Å². The first-order valence-corrected chi connectivity index (χ1v) is 7.59. The molecular formula is C14H18BrN3O3. The number of halogens is 1. The maximum Gasteiger partial charge on any atom is 0.328 e.